The first-order chi connectivity index (χ1) is 8.20. The largest absolute Gasteiger partial charge is 0.434 e. The van der Waals surface area contributed by atoms with E-state index in [1.165, 1.54) is 6.20 Å². The average molecular weight is 270 g/mol. The van der Waals surface area contributed by atoms with Crippen molar-refractivity contribution in [1.82, 2.24) is 9.97 Å². The maximum atomic E-state index is 5.99. The lowest BCUT2D eigenvalue weighted by atomic mass is 10.3. The van der Waals surface area contributed by atoms with Crippen LogP contribution in [0, 0.1) is 0 Å². The highest BCUT2D eigenvalue weighted by atomic mass is 35.5. The Morgan fingerprint density at radius 2 is 1.94 bits per heavy atom. The van der Waals surface area contributed by atoms with E-state index >= 15 is 0 Å². The van der Waals surface area contributed by atoms with Crippen LogP contribution in [-0.2, 0) is 0 Å². The number of hydrogen-bond donors (Lipinski definition) is 1. The van der Waals surface area contributed by atoms with Crippen molar-refractivity contribution in [2.75, 3.05) is 12.4 Å². The number of nitrogens with zero attached hydrogens (tertiary/aromatic N) is 2. The maximum absolute atomic E-state index is 5.99. The van der Waals surface area contributed by atoms with E-state index in [9.17, 15) is 0 Å². The van der Waals surface area contributed by atoms with Crippen LogP contribution in [0.25, 0.3) is 0 Å². The van der Waals surface area contributed by atoms with Crippen molar-refractivity contribution in [3.8, 4) is 11.6 Å². The SMILES string of the molecule is CNc1nccnc1Oc1cc(Cl)ccc1Cl. The number of anilines is 1. The fourth-order valence-electron chi connectivity index (χ4n) is 1.23. The summed E-state index contributed by atoms with van der Waals surface area (Å²) < 4.78 is 5.56. The maximum Gasteiger partial charge on any atom is 0.262 e. The van der Waals surface area contributed by atoms with Gasteiger partial charge in [-0.05, 0) is 12.1 Å². The highest BCUT2D eigenvalue weighted by molar-refractivity contribution is 6.34. The van der Waals surface area contributed by atoms with Gasteiger partial charge in [-0.25, -0.2) is 9.97 Å². The van der Waals surface area contributed by atoms with Gasteiger partial charge in [-0.15, -0.1) is 0 Å². The third-order valence-electron chi connectivity index (χ3n) is 2.00. The molecule has 0 bridgehead atoms. The molecule has 0 unspecified atom stereocenters. The van der Waals surface area contributed by atoms with Crippen LogP contribution in [0.4, 0.5) is 5.82 Å². The molecule has 0 fully saturated rings. The number of aromatic nitrogens is 2. The zero-order valence-corrected chi connectivity index (χ0v) is 10.5. The third kappa shape index (κ3) is 2.78. The molecule has 0 aliphatic rings. The van der Waals surface area contributed by atoms with E-state index in [0.29, 0.717) is 27.5 Å². The Kier molecular flexibility index (Phi) is 3.66. The Morgan fingerprint density at radius 3 is 2.71 bits per heavy atom. The van der Waals surface area contributed by atoms with Crippen molar-refractivity contribution in [3.05, 3.63) is 40.6 Å². The van der Waals surface area contributed by atoms with Crippen LogP contribution in [0.15, 0.2) is 30.6 Å². The zero-order valence-electron chi connectivity index (χ0n) is 8.95. The Balaban J connectivity index is 2.34. The van der Waals surface area contributed by atoms with E-state index in [1.54, 1.807) is 31.4 Å². The number of ether oxygens (including phenoxy) is 1. The van der Waals surface area contributed by atoms with E-state index in [2.05, 4.69) is 15.3 Å². The van der Waals surface area contributed by atoms with E-state index in [-0.39, 0.29) is 0 Å². The topological polar surface area (TPSA) is 47.0 Å². The number of nitrogens with one attached hydrogen (secondary N) is 1. The fourth-order valence-corrected chi connectivity index (χ4v) is 1.55. The summed E-state index contributed by atoms with van der Waals surface area (Å²) in [5.41, 5.74) is 0. The molecule has 17 heavy (non-hydrogen) atoms. The molecule has 1 N–H and O–H groups in total. The molecular formula is C11H9Cl2N3O. The van der Waals surface area contributed by atoms with E-state index in [0.717, 1.165) is 0 Å². The minimum Gasteiger partial charge on any atom is -0.434 e. The van der Waals surface area contributed by atoms with Crippen LogP contribution in [0.5, 0.6) is 11.6 Å². The smallest absolute Gasteiger partial charge is 0.262 e. The summed E-state index contributed by atoms with van der Waals surface area (Å²) in [4.78, 5) is 8.14. The number of rotatable bonds is 3. The van der Waals surface area contributed by atoms with Crippen LogP contribution in [0.3, 0.4) is 0 Å². The number of benzene rings is 1. The normalized spacial score (nSPS) is 10.1. The summed E-state index contributed by atoms with van der Waals surface area (Å²) in [5.74, 6) is 1.32. The lowest BCUT2D eigenvalue weighted by Gasteiger charge is -2.09. The molecule has 1 aromatic heterocycles. The number of hydrogen-bond acceptors (Lipinski definition) is 4. The lowest BCUT2D eigenvalue weighted by Crippen LogP contribution is -1.98. The summed E-state index contributed by atoms with van der Waals surface area (Å²) >= 11 is 11.9. The van der Waals surface area contributed by atoms with Crippen molar-refractivity contribution >= 4 is 29.0 Å². The van der Waals surface area contributed by atoms with Crippen LogP contribution >= 0.6 is 23.2 Å². The predicted octanol–water partition coefficient (Wildman–Crippen LogP) is 3.62. The standard InChI is InChI=1S/C11H9Cl2N3O/c1-14-10-11(16-5-4-15-10)17-9-6-7(12)2-3-8(9)13/h2-6H,1H3,(H,14,15). The number of halogens is 2. The first-order valence-electron chi connectivity index (χ1n) is 4.82. The molecule has 0 spiro atoms. The molecule has 0 saturated heterocycles. The van der Waals surface area contributed by atoms with Crippen LogP contribution in [0.2, 0.25) is 10.0 Å². The van der Waals surface area contributed by atoms with Crippen molar-refractivity contribution in [1.29, 1.82) is 0 Å². The minimum atomic E-state index is 0.346. The van der Waals surface area contributed by atoms with E-state index < -0.39 is 0 Å². The van der Waals surface area contributed by atoms with Crippen LogP contribution < -0.4 is 10.1 Å². The molecule has 0 radical (unpaired) electrons. The van der Waals surface area contributed by atoms with Gasteiger partial charge < -0.3 is 10.1 Å². The third-order valence-corrected chi connectivity index (χ3v) is 2.55. The summed E-state index contributed by atoms with van der Waals surface area (Å²) in [7, 11) is 1.73. The summed E-state index contributed by atoms with van der Waals surface area (Å²) in [6.45, 7) is 0. The Hall–Kier alpha value is -1.52. The molecule has 6 heteroatoms. The molecule has 1 heterocycles. The van der Waals surface area contributed by atoms with Gasteiger partial charge in [0.2, 0.25) is 0 Å². The first kappa shape index (κ1) is 12.0. The van der Waals surface area contributed by atoms with Crippen LogP contribution in [-0.4, -0.2) is 17.0 Å². The fraction of sp³-hybridized carbons (Fsp3) is 0.0909. The molecule has 0 atom stereocenters. The average Bonchev–Trinajstić information content (AvgIpc) is 2.34. The summed E-state index contributed by atoms with van der Waals surface area (Å²) in [5, 5.41) is 3.88. The van der Waals surface area contributed by atoms with Gasteiger partial charge in [0.05, 0.1) is 5.02 Å². The van der Waals surface area contributed by atoms with Crippen molar-refractivity contribution in [2.45, 2.75) is 0 Å². The highest BCUT2D eigenvalue weighted by Crippen LogP contribution is 2.32. The van der Waals surface area contributed by atoms with Crippen molar-refractivity contribution in [2.24, 2.45) is 0 Å². The van der Waals surface area contributed by atoms with Gasteiger partial charge in [-0.2, -0.15) is 0 Å². The second-order valence-corrected chi connectivity index (χ2v) is 3.98. The monoisotopic (exact) mass is 269 g/mol. The molecule has 2 aromatic rings. The van der Waals surface area contributed by atoms with Gasteiger partial charge in [0.25, 0.3) is 5.88 Å². The molecule has 4 nitrogen and oxygen atoms in total. The summed E-state index contributed by atoms with van der Waals surface area (Å²) in [6, 6.07) is 4.97. The van der Waals surface area contributed by atoms with Gasteiger partial charge in [-0.3, -0.25) is 0 Å². The summed E-state index contributed by atoms with van der Waals surface area (Å²) in [6.07, 6.45) is 3.10. The van der Waals surface area contributed by atoms with Gasteiger partial charge in [0.1, 0.15) is 5.75 Å². The van der Waals surface area contributed by atoms with Crippen molar-refractivity contribution < 1.29 is 4.74 Å². The predicted molar refractivity (Wildman–Crippen MR) is 68.1 cm³/mol. The Bertz CT molecular complexity index is 534. The molecule has 2 rings (SSSR count). The van der Waals surface area contributed by atoms with Crippen molar-refractivity contribution in [3.63, 3.8) is 0 Å². The van der Waals surface area contributed by atoms with Gasteiger partial charge >= 0.3 is 0 Å². The molecular weight excluding hydrogens is 261 g/mol. The highest BCUT2D eigenvalue weighted by Gasteiger charge is 2.09. The Labute approximate surface area is 109 Å². The molecule has 0 saturated carbocycles. The first-order valence-corrected chi connectivity index (χ1v) is 5.58. The second kappa shape index (κ2) is 5.21. The molecule has 0 aliphatic carbocycles. The van der Waals surface area contributed by atoms with Crippen LogP contribution in [0.1, 0.15) is 0 Å². The lowest BCUT2D eigenvalue weighted by molar-refractivity contribution is 0.463. The molecule has 0 aliphatic heterocycles. The minimum absolute atomic E-state index is 0.346. The molecule has 1 aromatic carbocycles. The van der Waals surface area contributed by atoms with Gasteiger partial charge in [0.15, 0.2) is 5.82 Å². The van der Waals surface area contributed by atoms with Gasteiger partial charge in [0, 0.05) is 30.5 Å². The van der Waals surface area contributed by atoms with Gasteiger partial charge in [-0.1, -0.05) is 23.2 Å². The molecule has 0 amide bonds. The second-order valence-electron chi connectivity index (χ2n) is 3.14. The van der Waals surface area contributed by atoms with E-state index in [1.807, 2.05) is 0 Å². The molecule has 88 valence electrons. The zero-order chi connectivity index (χ0) is 12.3. The quantitative estimate of drug-likeness (QED) is 0.925. The van der Waals surface area contributed by atoms with E-state index in [4.69, 9.17) is 27.9 Å². The Morgan fingerprint density at radius 1 is 1.18 bits per heavy atom.